The van der Waals surface area contributed by atoms with Crippen LogP contribution in [0, 0.1) is 31.1 Å². The minimum atomic E-state index is -4.95. The first-order valence-electron chi connectivity index (χ1n) is 19.7. The molecule has 2 fully saturated rings. The SMILES string of the molecule is [2H]C([2H])(N(C(C)(C)C(C)(C)C(C)C)S(=O)(=O)c1ccc(N)cc1C)C([2H])(OC)[C@@]([2H])(NC(=O)O[C@@H]1[C@@H]2CCO[C@]2(C)OC1(C)C)C([2H])(C)c1ccccc1C. The van der Waals surface area contributed by atoms with E-state index in [1.807, 2.05) is 13.8 Å². The average molecular weight is 721 g/mol. The Morgan fingerprint density at radius 3 is 2.34 bits per heavy atom. The molecule has 2 aromatic carbocycles. The summed E-state index contributed by atoms with van der Waals surface area (Å²) in [5, 5.41) is 2.42. The first-order valence-corrected chi connectivity index (χ1v) is 18.6. The lowest BCUT2D eigenvalue weighted by atomic mass is 9.67. The van der Waals surface area contributed by atoms with E-state index in [1.54, 1.807) is 73.6 Å². The number of nitrogen functional groups attached to an aromatic ring is 1. The first-order chi connectivity index (χ1) is 24.8. The lowest BCUT2D eigenvalue weighted by Gasteiger charge is -2.52. The van der Waals surface area contributed by atoms with Gasteiger partial charge in [-0.3, -0.25) is 0 Å². The number of aryl methyl sites for hydroxylation is 2. The van der Waals surface area contributed by atoms with Gasteiger partial charge in [0.25, 0.3) is 0 Å². The van der Waals surface area contributed by atoms with Gasteiger partial charge in [-0.2, -0.15) is 4.31 Å². The third-order valence-corrected chi connectivity index (χ3v) is 13.3. The molecule has 2 saturated heterocycles. The van der Waals surface area contributed by atoms with E-state index in [2.05, 4.69) is 5.32 Å². The molecule has 4 rings (SSSR count). The molecule has 0 aliphatic carbocycles. The number of anilines is 1. The molecule has 11 heteroatoms. The second kappa shape index (κ2) is 14.4. The number of carbonyl (C=O) groups excluding carboxylic acids is 1. The van der Waals surface area contributed by atoms with Crippen molar-refractivity contribution in [2.75, 3.05) is 25.9 Å². The Hall–Kier alpha value is -2.70. The Kier molecular flexibility index (Phi) is 9.53. The van der Waals surface area contributed by atoms with E-state index in [4.69, 9.17) is 24.7 Å². The Morgan fingerprint density at radius 1 is 1.12 bits per heavy atom. The maximum Gasteiger partial charge on any atom is 0.407 e. The zero-order chi connectivity index (χ0) is 42.2. The van der Waals surface area contributed by atoms with Crippen molar-refractivity contribution < 1.29 is 39.0 Å². The van der Waals surface area contributed by atoms with Crippen molar-refractivity contribution >= 4 is 21.8 Å². The summed E-state index contributed by atoms with van der Waals surface area (Å²) in [5.41, 5.74) is 3.46. The van der Waals surface area contributed by atoms with Gasteiger partial charge in [0.2, 0.25) is 10.0 Å². The third kappa shape index (κ3) is 7.44. The van der Waals surface area contributed by atoms with E-state index in [-0.39, 0.29) is 27.6 Å². The zero-order valence-electron chi connectivity index (χ0n) is 37.0. The van der Waals surface area contributed by atoms with Crippen molar-refractivity contribution in [3.8, 4) is 0 Å². The minimum absolute atomic E-state index is 0.154. The molecule has 1 amide bonds. The van der Waals surface area contributed by atoms with E-state index in [9.17, 15) is 11.6 Å². The van der Waals surface area contributed by atoms with Crippen LogP contribution in [0.3, 0.4) is 0 Å². The number of hydrogen-bond donors (Lipinski definition) is 2. The number of rotatable bonds is 13. The van der Waals surface area contributed by atoms with Gasteiger partial charge < -0.3 is 30.0 Å². The van der Waals surface area contributed by atoms with Crippen LogP contribution >= 0.6 is 0 Å². The number of methoxy groups -OCH3 is 1. The molecule has 3 N–H and O–H groups in total. The summed E-state index contributed by atoms with van der Waals surface area (Å²) in [4.78, 5) is 14.0. The summed E-state index contributed by atoms with van der Waals surface area (Å²) in [6.07, 6.45) is -5.06. The predicted octanol–water partition coefficient (Wildman–Crippen LogP) is 7.18. The van der Waals surface area contributed by atoms with Gasteiger partial charge in [0.05, 0.1) is 32.3 Å². The molecule has 6 atom stereocenters. The number of hydrogen-bond acceptors (Lipinski definition) is 8. The molecular formula is C39H61N3O7S. The van der Waals surface area contributed by atoms with Gasteiger partial charge in [-0.15, -0.1) is 0 Å². The molecule has 0 bridgehead atoms. The predicted molar refractivity (Wildman–Crippen MR) is 197 cm³/mol. The van der Waals surface area contributed by atoms with Gasteiger partial charge in [-0.1, -0.05) is 58.9 Å². The second-order valence-corrected chi connectivity index (χ2v) is 17.4. The topological polar surface area (TPSA) is 129 Å². The summed E-state index contributed by atoms with van der Waals surface area (Å²) in [6, 6.07) is 7.52. The van der Waals surface area contributed by atoms with Gasteiger partial charge in [0.15, 0.2) is 5.79 Å². The molecule has 50 heavy (non-hydrogen) atoms. The van der Waals surface area contributed by atoms with Crippen molar-refractivity contribution in [3.05, 3.63) is 59.2 Å². The van der Waals surface area contributed by atoms with Gasteiger partial charge >= 0.3 is 6.09 Å². The van der Waals surface area contributed by atoms with Crippen LogP contribution in [0.2, 0.25) is 0 Å². The van der Waals surface area contributed by atoms with E-state index in [0.29, 0.717) is 22.9 Å². The van der Waals surface area contributed by atoms with E-state index in [0.717, 1.165) is 7.11 Å². The molecule has 280 valence electrons. The molecule has 2 unspecified atom stereocenters. The Morgan fingerprint density at radius 2 is 1.76 bits per heavy atom. The van der Waals surface area contributed by atoms with Crippen LogP contribution in [0.1, 0.15) is 105 Å². The van der Waals surface area contributed by atoms with Crippen LogP contribution < -0.4 is 11.1 Å². The van der Waals surface area contributed by atoms with Crippen LogP contribution in [0.5, 0.6) is 0 Å². The van der Waals surface area contributed by atoms with Gasteiger partial charge in [0.1, 0.15) is 11.7 Å². The normalized spacial score (nSPS) is 27.9. The molecule has 2 aromatic rings. The van der Waals surface area contributed by atoms with E-state index >= 15 is 8.42 Å². The van der Waals surface area contributed by atoms with E-state index < -0.39 is 75.0 Å². The van der Waals surface area contributed by atoms with Crippen LogP contribution in [-0.4, -0.2) is 74.2 Å². The smallest absolute Gasteiger partial charge is 0.407 e. The molecule has 0 saturated carbocycles. The maximum absolute atomic E-state index is 15.2. The standard InChI is InChI=1S/C39H61N3O7S/c1-24(2)36(6,7)38(10,11)42(50(44,45)32-19-18-28(40)22-26(32)4)23-31(46-13)33(27(5)29-17-15-14-16-25(29)3)41-35(43)48-34-30-20-21-47-39(30,12)49-37(34,8)9/h14-19,22,24,27,30-31,33-34H,20-21,23,40H2,1-13H3,(H,41,43)/t27?,30-,31?,33-,34+,39+/m0/s1/i23D2,27D,31D,33D. The van der Waals surface area contributed by atoms with E-state index in [1.165, 1.54) is 38.1 Å². The minimum Gasteiger partial charge on any atom is -0.443 e. The summed E-state index contributed by atoms with van der Waals surface area (Å²) >= 11 is 0. The Balaban J connectivity index is 2.03. The number of nitrogens with zero attached hydrogens (tertiary/aromatic N) is 1. The van der Waals surface area contributed by atoms with Crippen molar-refractivity contribution in [1.29, 1.82) is 0 Å². The summed E-state index contributed by atoms with van der Waals surface area (Å²) in [6.45, 7) is 17.0. The van der Waals surface area contributed by atoms with Gasteiger partial charge in [0, 0.05) is 34.8 Å². The number of nitrogens with one attached hydrogen (secondary N) is 1. The summed E-state index contributed by atoms with van der Waals surface area (Å²) < 4.78 is 105. The van der Waals surface area contributed by atoms with Crippen molar-refractivity contribution in [3.63, 3.8) is 0 Å². The average Bonchev–Trinajstić information content (AvgIpc) is 3.49. The molecule has 10 nitrogen and oxygen atoms in total. The van der Waals surface area contributed by atoms with Crippen molar-refractivity contribution in [1.82, 2.24) is 9.62 Å². The van der Waals surface area contributed by atoms with Crippen molar-refractivity contribution in [2.24, 2.45) is 17.3 Å². The zero-order valence-corrected chi connectivity index (χ0v) is 32.8. The van der Waals surface area contributed by atoms with Crippen molar-refractivity contribution in [2.45, 2.75) is 135 Å². The largest absolute Gasteiger partial charge is 0.443 e. The number of amides is 1. The number of fused-ring (bicyclic) bond motifs is 1. The molecule has 0 radical (unpaired) electrons. The summed E-state index contributed by atoms with van der Waals surface area (Å²) in [5.74, 6) is -4.09. The Labute approximate surface area is 307 Å². The fourth-order valence-corrected chi connectivity index (χ4v) is 9.04. The van der Waals surface area contributed by atoms with Crippen LogP contribution in [-0.2, 0) is 29.0 Å². The fraction of sp³-hybridized carbons (Fsp3) is 0.667. The molecule has 0 spiro atoms. The Bertz CT molecular complexity index is 1890. The second-order valence-electron chi connectivity index (χ2n) is 15.6. The highest BCUT2D eigenvalue weighted by molar-refractivity contribution is 7.89. The highest BCUT2D eigenvalue weighted by atomic mass is 32.2. The highest BCUT2D eigenvalue weighted by Crippen LogP contribution is 2.50. The highest BCUT2D eigenvalue weighted by Gasteiger charge is 2.61. The monoisotopic (exact) mass is 720 g/mol. The summed E-state index contributed by atoms with van der Waals surface area (Å²) in [7, 11) is -3.99. The number of carbonyl (C=O) groups is 1. The third-order valence-electron chi connectivity index (χ3n) is 11.3. The molecule has 0 aromatic heterocycles. The van der Waals surface area contributed by atoms with Crippen LogP contribution in [0.4, 0.5) is 10.5 Å². The fourth-order valence-electron chi connectivity index (χ4n) is 7.10. The lowest BCUT2D eigenvalue weighted by molar-refractivity contribution is -0.223. The number of benzene rings is 2. The molecule has 2 aliphatic heterocycles. The van der Waals surface area contributed by atoms with Crippen LogP contribution in [0.25, 0.3) is 0 Å². The number of alkyl carbamates (subject to hydrolysis) is 1. The molecular weight excluding hydrogens is 655 g/mol. The van der Waals surface area contributed by atoms with Crippen LogP contribution in [0.15, 0.2) is 47.4 Å². The maximum atomic E-state index is 15.2. The number of sulfonamides is 1. The number of nitrogens with two attached hydrogens (primary N) is 1. The molecule has 2 aliphatic rings. The number of ether oxygens (including phenoxy) is 4. The lowest BCUT2D eigenvalue weighted by Crippen LogP contribution is -2.62. The quantitative estimate of drug-likeness (QED) is 0.208. The van der Waals surface area contributed by atoms with Gasteiger partial charge in [-0.25, -0.2) is 13.2 Å². The first kappa shape index (κ1) is 33.2. The van der Waals surface area contributed by atoms with Gasteiger partial charge in [-0.05, 0) is 101 Å². The molecule has 2 heterocycles.